The molecule has 0 unspecified atom stereocenters. The topological polar surface area (TPSA) is 249 Å². The summed E-state index contributed by atoms with van der Waals surface area (Å²) in [4.78, 5) is 63.7. The standard InChI is InChI=1S/C30H42N4O15/c1-18(36)44-17-25-26(45-19(2)37)27(46-20(3)38)28(47-21(4)39)30(49-25)48-24-6-5-22(16-35)15-23(24)29(40)32-7-9-41-11-13-43-14-12-42-10-8-33-34-31/h5-6,15,25-28,30,35H,7-14,16-17H2,1-4H3,(H,32,40)/t25-,26+,27+,28-,30-/m1/s1. The van der Waals surface area contributed by atoms with Gasteiger partial charge >= 0.3 is 23.9 Å². The number of carbonyl (C=O) groups excluding carboxylic acids is 5. The Kier molecular flexibility index (Phi) is 18.4. The van der Waals surface area contributed by atoms with Gasteiger partial charge in [0.2, 0.25) is 12.4 Å². The Morgan fingerprint density at radius 1 is 0.837 bits per heavy atom. The van der Waals surface area contributed by atoms with Crippen molar-refractivity contribution in [3.63, 3.8) is 0 Å². The maximum absolute atomic E-state index is 13.3. The zero-order valence-electron chi connectivity index (χ0n) is 27.7. The van der Waals surface area contributed by atoms with E-state index >= 15 is 0 Å². The van der Waals surface area contributed by atoms with E-state index < -0.39 is 73.7 Å². The minimum atomic E-state index is -1.58. The van der Waals surface area contributed by atoms with Gasteiger partial charge in [-0.05, 0) is 23.2 Å². The molecule has 0 aromatic heterocycles. The first-order valence-corrected chi connectivity index (χ1v) is 15.2. The van der Waals surface area contributed by atoms with Crippen LogP contribution in [0.5, 0.6) is 5.75 Å². The lowest BCUT2D eigenvalue weighted by molar-refractivity contribution is -0.288. The summed E-state index contributed by atoms with van der Waals surface area (Å²) < 4.78 is 49.4. The Labute approximate surface area is 281 Å². The molecule has 2 N–H and O–H groups in total. The fourth-order valence-electron chi connectivity index (χ4n) is 4.39. The highest BCUT2D eigenvalue weighted by Crippen LogP contribution is 2.32. The molecule has 1 aliphatic rings. The lowest BCUT2D eigenvalue weighted by atomic mass is 9.98. The summed E-state index contributed by atoms with van der Waals surface area (Å²) in [7, 11) is 0. The monoisotopic (exact) mass is 698 g/mol. The van der Waals surface area contributed by atoms with Crippen LogP contribution in [0.2, 0.25) is 0 Å². The quantitative estimate of drug-likeness (QED) is 0.0448. The van der Waals surface area contributed by atoms with Gasteiger partial charge in [-0.25, -0.2) is 0 Å². The van der Waals surface area contributed by atoms with Crippen molar-refractivity contribution in [2.24, 2.45) is 5.11 Å². The highest BCUT2D eigenvalue weighted by atomic mass is 16.7. The molecule has 0 radical (unpaired) electrons. The van der Waals surface area contributed by atoms with E-state index in [2.05, 4.69) is 15.3 Å². The third kappa shape index (κ3) is 15.1. The van der Waals surface area contributed by atoms with Crippen molar-refractivity contribution in [1.82, 2.24) is 5.32 Å². The van der Waals surface area contributed by atoms with E-state index in [1.807, 2.05) is 0 Å². The van der Waals surface area contributed by atoms with Crippen LogP contribution < -0.4 is 10.1 Å². The van der Waals surface area contributed by atoms with Crippen LogP contribution in [-0.2, 0) is 63.7 Å². The largest absolute Gasteiger partial charge is 0.463 e. The van der Waals surface area contributed by atoms with Crippen molar-refractivity contribution in [2.45, 2.75) is 65.0 Å². The lowest BCUT2D eigenvalue weighted by Crippen LogP contribution is -2.63. The molecular formula is C30H42N4O15. The van der Waals surface area contributed by atoms with Crippen molar-refractivity contribution < 1.29 is 71.7 Å². The Morgan fingerprint density at radius 2 is 1.43 bits per heavy atom. The number of amides is 1. The van der Waals surface area contributed by atoms with Gasteiger partial charge in [-0.2, -0.15) is 0 Å². The second kappa shape index (κ2) is 22.2. The number of nitrogens with one attached hydrogen (secondary N) is 1. The number of benzene rings is 1. The van der Waals surface area contributed by atoms with Crippen LogP contribution in [0, 0.1) is 0 Å². The van der Waals surface area contributed by atoms with E-state index in [0.717, 1.165) is 27.7 Å². The maximum Gasteiger partial charge on any atom is 0.303 e. The molecule has 49 heavy (non-hydrogen) atoms. The minimum absolute atomic E-state index is 0.0387. The van der Waals surface area contributed by atoms with Gasteiger partial charge in [-0.15, -0.1) is 0 Å². The molecule has 19 nitrogen and oxygen atoms in total. The predicted molar refractivity (Wildman–Crippen MR) is 164 cm³/mol. The number of nitrogens with zero attached hydrogens (tertiary/aromatic N) is 3. The molecule has 0 bridgehead atoms. The van der Waals surface area contributed by atoms with E-state index in [0.29, 0.717) is 25.4 Å². The van der Waals surface area contributed by atoms with Gasteiger partial charge in [0.15, 0.2) is 12.2 Å². The molecule has 0 aliphatic carbocycles. The number of rotatable bonds is 21. The number of ether oxygens (including phenoxy) is 9. The number of aliphatic hydroxyl groups excluding tert-OH is 1. The van der Waals surface area contributed by atoms with Crippen LogP contribution >= 0.6 is 0 Å². The van der Waals surface area contributed by atoms with E-state index in [9.17, 15) is 29.1 Å². The fourth-order valence-corrected chi connectivity index (χ4v) is 4.39. The van der Waals surface area contributed by atoms with Crippen LogP contribution in [0.15, 0.2) is 23.3 Å². The molecular weight excluding hydrogens is 656 g/mol. The summed E-state index contributed by atoms with van der Waals surface area (Å²) in [5.41, 5.74) is 8.54. The van der Waals surface area contributed by atoms with Gasteiger partial charge in [0.05, 0.1) is 51.8 Å². The molecule has 5 atom stereocenters. The molecule has 2 rings (SSSR count). The molecule has 0 spiro atoms. The average molecular weight is 699 g/mol. The highest BCUT2D eigenvalue weighted by molar-refractivity contribution is 5.97. The summed E-state index contributed by atoms with van der Waals surface area (Å²) in [5.74, 6) is -3.82. The Bertz CT molecular complexity index is 1310. The summed E-state index contributed by atoms with van der Waals surface area (Å²) in [6, 6.07) is 4.23. The van der Waals surface area contributed by atoms with Crippen molar-refractivity contribution in [3.8, 4) is 5.75 Å². The Balaban J connectivity index is 2.16. The zero-order valence-corrected chi connectivity index (χ0v) is 27.7. The average Bonchev–Trinajstić information content (AvgIpc) is 3.04. The van der Waals surface area contributed by atoms with Crippen LogP contribution in [0.25, 0.3) is 10.4 Å². The first kappa shape index (κ1) is 40.7. The number of esters is 4. The van der Waals surface area contributed by atoms with Gasteiger partial charge < -0.3 is 53.1 Å². The third-order valence-corrected chi connectivity index (χ3v) is 6.34. The number of aliphatic hydroxyl groups is 1. The number of hydrogen-bond donors (Lipinski definition) is 2. The van der Waals surface area contributed by atoms with Gasteiger partial charge in [-0.3, -0.25) is 24.0 Å². The van der Waals surface area contributed by atoms with Crippen molar-refractivity contribution in [1.29, 1.82) is 0 Å². The third-order valence-electron chi connectivity index (χ3n) is 6.34. The summed E-state index contributed by atoms with van der Waals surface area (Å²) in [5, 5.41) is 15.7. The van der Waals surface area contributed by atoms with Crippen LogP contribution in [0.3, 0.4) is 0 Å². The summed E-state index contributed by atoms with van der Waals surface area (Å²) >= 11 is 0. The molecule has 1 fully saturated rings. The highest BCUT2D eigenvalue weighted by Gasteiger charge is 2.53. The Morgan fingerprint density at radius 3 is 2.02 bits per heavy atom. The summed E-state index contributed by atoms with van der Waals surface area (Å²) in [6.45, 7) is 5.45. The molecule has 0 saturated carbocycles. The second-order valence-electron chi connectivity index (χ2n) is 10.2. The van der Waals surface area contributed by atoms with Crippen molar-refractivity contribution in [3.05, 3.63) is 39.8 Å². The van der Waals surface area contributed by atoms with Crippen LogP contribution in [0.1, 0.15) is 43.6 Å². The van der Waals surface area contributed by atoms with E-state index in [1.54, 1.807) is 0 Å². The molecule has 1 amide bonds. The van der Waals surface area contributed by atoms with Gasteiger partial charge in [0.25, 0.3) is 5.91 Å². The normalized spacial score (nSPS) is 19.9. The maximum atomic E-state index is 13.3. The fraction of sp³-hybridized carbons (Fsp3) is 0.633. The molecule has 1 heterocycles. The van der Waals surface area contributed by atoms with E-state index in [4.69, 9.17) is 48.2 Å². The Hall–Kier alpha value is -4.52. The van der Waals surface area contributed by atoms with E-state index in [-0.39, 0.29) is 44.2 Å². The number of carbonyl (C=O) groups is 5. The van der Waals surface area contributed by atoms with Gasteiger partial charge in [0, 0.05) is 45.7 Å². The zero-order chi connectivity index (χ0) is 36.2. The molecule has 1 aliphatic heterocycles. The molecule has 272 valence electrons. The molecule has 1 saturated heterocycles. The molecule has 1 aromatic rings. The number of azide groups is 1. The minimum Gasteiger partial charge on any atom is -0.463 e. The molecule has 1 aromatic carbocycles. The van der Waals surface area contributed by atoms with Crippen molar-refractivity contribution >= 4 is 29.8 Å². The SMILES string of the molecule is CC(=O)OC[C@H]1O[C@@H](Oc2ccc(CO)cc2C(=O)NCCOCCOCCOCCN=[N+]=[N-])[C@H](OC(C)=O)[C@@H](OC(C)=O)[C@H]1OC(C)=O. The number of hydrogen-bond acceptors (Lipinski definition) is 16. The summed E-state index contributed by atoms with van der Waals surface area (Å²) in [6.07, 6.45) is -7.23. The first-order chi connectivity index (χ1) is 23.5. The van der Waals surface area contributed by atoms with Gasteiger partial charge in [-0.1, -0.05) is 11.2 Å². The lowest BCUT2D eigenvalue weighted by Gasteiger charge is -2.44. The van der Waals surface area contributed by atoms with Crippen LogP contribution in [0.4, 0.5) is 0 Å². The second-order valence-corrected chi connectivity index (χ2v) is 10.2. The van der Waals surface area contributed by atoms with Crippen molar-refractivity contribution in [2.75, 3.05) is 59.3 Å². The van der Waals surface area contributed by atoms with Gasteiger partial charge in [0.1, 0.15) is 18.5 Å². The van der Waals surface area contributed by atoms with Crippen LogP contribution in [-0.4, -0.2) is 125 Å². The predicted octanol–water partition coefficient (Wildman–Crippen LogP) is 0.731. The van der Waals surface area contributed by atoms with E-state index in [1.165, 1.54) is 18.2 Å². The molecule has 19 heteroatoms. The first-order valence-electron chi connectivity index (χ1n) is 15.2. The smallest absolute Gasteiger partial charge is 0.303 e.